The van der Waals surface area contributed by atoms with Gasteiger partial charge in [-0.15, -0.1) is 0 Å². The van der Waals surface area contributed by atoms with Crippen molar-refractivity contribution in [3.63, 3.8) is 0 Å². The Morgan fingerprint density at radius 1 is 1.15 bits per heavy atom. The summed E-state index contributed by atoms with van der Waals surface area (Å²) in [6.07, 6.45) is 0. The number of rotatable bonds is 3. The lowest BCUT2D eigenvalue weighted by Gasteiger charge is -2.21. The lowest BCUT2D eigenvalue weighted by atomic mass is 9.92. The van der Waals surface area contributed by atoms with Crippen LogP contribution in [0.4, 0.5) is 4.79 Å². The number of urea groups is 1. The number of fused-ring (bicyclic) bond motifs is 1. The lowest BCUT2D eigenvalue weighted by molar-refractivity contribution is -0.132. The van der Waals surface area contributed by atoms with Crippen LogP contribution in [-0.4, -0.2) is 33.1 Å². The van der Waals surface area contributed by atoms with Gasteiger partial charge in [-0.3, -0.25) is 20.1 Å². The number of aryl methyl sites for hydroxylation is 1. The Hall–Kier alpha value is -3.68. The van der Waals surface area contributed by atoms with E-state index in [0.717, 1.165) is 5.56 Å². The molecule has 2 aromatic carbocycles. The van der Waals surface area contributed by atoms with Crippen molar-refractivity contribution < 1.29 is 14.4 Å². The highest BCUT2D eigenvalue weighted by Crippen LogP contribution is 2.28. The van der Waals surface area contributed by atoms with Gasteiger partial charge in [-0.1, -0.05) is 42.0 Å². The Balaban J connectivity index is 1.62. The summed E-state index contributed by atoms with van der Waals surface area (Å²) in [5, 5.41) is 10.7. The van der Waals surface area contributed by atoms with Crippen molar-refractivity contribution in [3.05, 3.63) is 65.4 Å². The molecule has 0 aliphatic carbocycles. The molecule has 0 radical (unpaired) electrons. The Morgan fingerprint density at radius 2 is 1.89 bits per heavy atom. The van der Waals surface area contributed by atoms with E-state index in [4.69, 9.17) is 0 Å². The minimum atomic E-state index is -1.25. The van der Waals surface area contributed by atoms with Crippen molar-refractivity contribution in [2.45, 2.75) is 19.4 Å². The number of hydrazine groups is 1. The van der Waals surface area contributed by atoms with Crippen molar-refractivity contribution in [1.82, 2.24) is 25.9 Å². The summed E-state index contributed by atoms with van der Waals surface area (Å²) in [6, 6.07) is 13.7. The van der Waals surface area contributed by atoms with Gasteiger partial charge in [-0.25, -0.2) is 4.79 Å². The molecule has 136 valence electrons. The fourth-order valence-corrected chi connectivity index (χ4v) is 3.16. The van der Waals surface area contributed by atoms with Gasteiger partial charge in [-0.05, 0) is 31.5 Å². The van der Waals surface area contributed by atoms with Crippen LogP contribution in [-0.2, 0) is 10.3 Å². The number of carbonyl (C=O) groups is 3. The van der Waals surface area contributed by atoms with E-state index in [1.165, 1.54) is 0 Å². The molecule has 0 bridgehead atoms. The van der Waals surface area contributed by atoms with Crippen LogP contribution in [0.3, 0.4) is 0 Å². The average Bonchev–Trinajstić information content (AvgIpc) is 3.17. The molecule has 1 aromatic heterocycles. The molecule has 1 unspecified atom stereocenters. The number of amides is 4. The molecule has 3 N–H and O–H groups in total. The number of hydrogen-bond donors (Lipinski definition) is 3. The highest BCUT2D eigenvalue weighted by atomic mass is 16.2. The Kier molecular flexibility index (Phi) is 3.69. The van der Waals surface area contributed by atoms with Crippen molar-refractivity contribution in [2.75, 3.05) is 0 Å². The Morgan fingerprint density at radius 3 is 2.63 bits per heavy atom. The quantitative estimate of drug-likeness (QED) is 0.619. The zero-order chi connectivity index (χ0) is 19.2. The van der Waals surface area contributed by atoms with Crippen LogP contribution in [0.5, 0.6) is 0 Å². The van der Waals surface area contributed by atoms with E-state index in [1.54, 1.807) is 31.2 Å². The summed E-state index contributed by atoms with van der Waals surface area (Å²) < 4.78 is 0. The van der Waals surface area contributed by atoms with Crippen molar-refractivity contribution in [2.24, 2.45) is 0 Å². The average molecular weight is 363 g/mol. The maximum Gasteiger partial charge on any atom is 0.344 e. The van der Waals surface area contributed by atoms with E-state index < -0.39 is 23.4 Å². The molecule has 27 heavy (non-hydrogen) atoms. The number of nitrogens with zero attached hydrogens (tertiary/aromatic N) is 2. The maximum absolute atomic E-state index is 12.9. The van der Waals surface area contributed by atoms with E-state index in [1.807, 2.05) is 31.2 Å². The number of H-pyrrole nitrogens is 1. The van der Waals surface area contributed by atoms with Crippen LogP contribution in [0.2, 0.25) is 0 Å². The monoisotopic (exact) mass is 363 g/mol. The predicted molar refractivity (Wildman–Crippen MR) is 97.5 cm³/mol. The Bertz CT molecular complexity index is 1080. The summed E-state index contributed by atoms with van der Waals surface area (Å²) >= 11 is 0. The van der Waals surface area contributed by atoms with Crippen molar-refractivity contribution in [3.8, 4) is 0 Å². The van der Waals surface area contributed by atoms with Crippen LogP contribution in [0, 0.1) is 6.92 Å². The molecule has 1 aliphatic rings. The Labute approximate surface area is 154 Å². The van der Waals surface area contributed by atoms with Gasteiger partial charge in [0.1, 0.15) is 5.54 Å². The molecule has 0 spiro atoms. The van der Waals surface area contributed by atoms with Gasteiger partial charge in [0, 0.05) is 5.39 Å². The van der Waals surface area contributed by atoms with Crippen LogP contribution >= 0.6 is 0 Å². The normalized spacial score (nSPS) is 19.4. The first-order valence-corrected chi connectivity index (χ1v) is 8.38. The van der Waals surface area contributed by atoms with Gasteiger partial charge in [-0.2, -0.15) is 10.1 Å². The molecule has 4 rings (SSSR count). The molecular weight excluding hydrogens is 346 g/mol. The summed E-state index contributed by atoms with van der Waals surface area (Å²) in [6.45, 7) is 3.50. The first kappa shape index (κ1) is 16.8. The lowest BCUT2D eigenvalue weighted by Crippen LogP contribution is -2.48. The number of carbonyl (C=O) groups excluding carboxylic acids is 3. The number of aromatic amines is 1. The van der Waals surface area contributed by atoms with E-state index >= 15 is 0 Å². The minimum Gasteiger partial charge on any atom is -0.318 e. The third-order valence-electron chi connectivity index (χ3n) is 4.69. The molecule has 8 heteroatoms. The molecule has 8 nitrogen and oxygen atoms in total. The minimum absolute atomic E-state index is 0.114. The molecule has 1 atom stereocenters. The maximum atomic E-state index is 12.9. The predicted octanol–water partition coefficient (Wildman–Crippen LogP) is 1.98. The first-order valence-electron chi connectivity index (χ1n) is 8.38. The van der Waals surface area contributed by atoms with E-state index in [-0.39, 0.29) is 5.69 Å². The summed E-state index contributed by atoms with van der Waals surface area (Å²) in [4.78, 5) is 37.9. The molecule has 4 amide bonds. The van der Waals surface area contributed by atoms with Gasteiger partial charge in [0.05, 0.1) is 5.52 Å². The molecule has 2 heterocycles. The molecule has 1 aliphatic heterocycles. The number of imide groups is 1. The highest BCUT2D eigenvalue weighted by Gasteiger charge is 2.50. The molecule has 1 fully saturated rings. The number of hydrogen-bond acceptors (Lipinski definition) is 4. The fourth-order valence-electron chi connectivity index (χ4n) is 3.16. The zero-order valence-electron chi connectivity index (χ0n) is 14.7. The largest absolute Gasteiger partial charge is 0.344 e. The van der Waals surface area contributed by atoms with Crippen molar-refractivity contribution >= 4 is 28.7 Å². The second-order valence-electron chi connectivity index (χ2n) is 6.62. The molecule has 0 saturated carbocycles. The van der Waals surface area contributed by atoms with Crippen LogP contribution in [0.1, 0.15) is 28.5 Å². The second kappa shape index (κ2) is 5.94. The second-order valence-corrected chi connectivity index (χ2v) is 6.62. The van der Waals surface area contributed by atoms with E-state index in [0.29, 0.717) is 21.5 Å². The zero-order valence-corrected chi connectivity index (χ0v) is 14.7. The standard InChI is InChI=1S/C19H17N5O3/c1-11-8-9-14-13(10-11)15(22-21-14)16(25)23-24-17(26)19(2,20-18(24)27)12-6-4-3-5-7-12/h3-10H,1-2H3,(H,20,27)(H,21,22)(H,23,25). The fraction of sp³-hybridized carbons (Fsp3) is 0.158. The van der Waals surface area contributed by atoms with Gasteiger partial charge < -0.3 is 5.32 Å². The number of benzene rings is 2. The molecule has 3 aromatic rings. The number of nitrogens with one attached hydrogen (secondary N) is 3. The topological polar surface area (TPSA) is 107 Å². The third-order valence-corrected chi connectivity index (χ3v) is 4.69. The van der Waals surface area contributed by atoms with Crippen LogP contribution in [0.15, 0.2) is 48.5 Å². The number of aromatic nitrogens is 2. The van der Waals surface area contributed by atoms with Crippen molar-refractivity contribution in [1.29, 1.82) is 0 Å². The van der Waals surface area contributed by atoms with Crippen LogP contribution in [0.25, 0.3) is 10.9 Å². The van der Waals surface area contributed by atoms with E-state index in [2.05, 4.69) is 20.9 Å². The smallest absolute Gasteiger partial charge is 0.318 e. The highest BCUT2D eigenvalue weighted by molar-refractivity contribution is 6.11. The SMILES string of the molecule is Cc1ccc2[nH]nc(C(=O)NN3C(=O)NC(C)(c4ccccc4)C3=O)c2c1. The summed E-state index contributed by atoms with van der Waals surface area (Å²) in [5.74, 6) is -1.21. The van der Waals surface area contributed by atoms with Gasteiger partial charge in [0.2, 0.25) is 0 Å². The van der Waals surface area contributed by atoms with Gasteiger partial charge in [0.25, 0.3) is 11.8 Å². The molecular formula is C19H17N5O3. The first-order chi connectivity index (χ1) is 12.9. The van der Waals surface area contributed by atoms with E-state index in [9.17, 15) is 14.4 Å². The van der Waals surface area contributed by atoms with Crippen LogP contribution < -0.4 is 10.7 Å². The summed E-state index contributed by atoms with van der Waals surface area (Å²) in [7, 11) is 0. The summed E-state index contributed by atoms with van der Waals surface area (Å²) in [5.41, 5.74) is 3.51. The third kappa shape index (κ3) is 2.62. The molecule has 1 saturated heterocycles. The van der Waals surface area contributed by atoms with Gasteiger partial charge in [0.15, 0.2) is 5.69 Å². The van der Waals surface area contributed by atoms with Gasteiger partial charge >= 0.3 is 6.03 Å².